The van der Waals surface area contributed by atoms with Gasteiger partial charge in [-0.3, -0.25) is 9.98 Å². The summed E-state index contributed by atoms with van der Waals surface area (Å²) < 4.78 is 27.3. The molecule has 0 atom stereocenters. The Morgan fingerprint density at radius 3 is 2.63 bits per heavy atom. The van der Waals surface area contributed by atoms with E-state index < -0.39 is 11.6 Å². The van der Waals surface area contributed by atoms with Crippen LogP contribution in [0.3, 0.4) is 0 Å². The number of halogens is 2. The largest absolute Gasteiger partial charge is 0.284 e. The van der Waals surface area contributed by atoms with E-state index in [4.69, 9.17) is 0 Å². The van der Waals surface area contributed by atoms with Crippen LogP contribution in [0.2, 0.25) is 0 Å². The lowest BCUT2D eigenvalue weighted by Crippen LogP contribution is -2.11. The number of allylic oxidation sites excluding steroid dienone is 1. The maximum atomic E-state index is 14.1. The Morgan fingerprint density at radius 1 is 0.926 bits per heavy atom. The summed E-state index contributed by atoms with van der Waals surface area (Å²) in [4.78, 5) is 8.88. The van der Waals surface area contributed by atoms with Crippen LogP contribution in [0.4, 0.5) is 8.78 Å². The molecule has 0 spiro atoms. The molecule has 2 heterocycles. The summed E-state index contributed by atoms with van der Waals surface area (Å²) in [6, 6.07) is 15.2. The highest BCUT2D eigenvalue weighted by molar-refractivity contribution is 6.15. The number of rotatable bonds is 3. The topological polar surface area (TPSA) is 25.2 Å². The second-order valence-electron chi connectivity index (χ2n) is 6.49. The number of aromatic nitrogens is 1. The minimum atomic E-state index is -0.575. The minimum Gasteiger partial charge on any atom is -0.284 e. The maximum Gasteiger partial charge on any atom is 0.133 e. The number of benzene rings is 2. The van der Waals surface area contributed by atoms with Crippen molar-refractivity contribution in [3.8, 4) is 11.1 Å². The Kier molecular flexibility index (Phi) is 4.88. The van der Waals surface area contributed by atoms with Crippen LogP contribution in [0.15, 0.2) is 77.6 Å². The number of pyridine rings is 1. The lowest BCUT2D eigenvalue weighted by molar-refractivity contribution is 0.585. The average molecular weight is 360 g/mol. The molecule has 0 bridgehead atoms. The summed E-state index contributed by atoms with van der Waals surface area (Å²) in [5.41, 5.74) is 5.19. The van der Waals surface area contributed by atoms with Gasteiger partial charge in [0, 0.05) is 36.1 Å². The molecule has 0 fully saturated rings. The molecule has 1 aliphatic heterocycles. The highest BCUT2D eigenvalue weighted by atomic mass is 19.1. The van der Waals surface area contributed by atoms with Gasteiger partial charge < -0.3 is 0 Å². The Bertz CT molecular complexity index is 1020. The van der Waals surface area contributed by atoms with Crippen molar-refractivity contribution in [1.29, 1.82) is 0 Å². The zero-order valence-electron chi connectivity index (χ0n) is 14.7. The first-order valence-electron chi connectivity index (χ1n) is 8.92. The van der Waals surface area contributed by atoms with Gasteiger partial charge in [-0.25, -0.2) is 8.78 Å². The molecule has 0 unspecified atom stereocenters. The Balaban J connectivity index is 1.71. The van der Waals surface area contributed by atoms with E-state index in [0.717, 1.165) is 53.4 Å². The van der Waals surface area contributed by atoms with Crippen molar-refractivity contribution in [2.24, 2.45) is 4.99 Å². The molecule has 0 aliphatic carbocycles. The van der Waals surface area contributed by atoms with Gasteiger partial charge in [-0.15, -0.1) is 0 Å². The summed E-state index contributed by atoms with van der Waals surface area (Å²) in [6.07, 6.45) is 7.60. The first-order valence-corrected chi connectivity index (χ1v) is 8.92. The van der Waals surface area contributed by atoms with E-state index in [1.165, 1.54) is 12.1 Å². The second-order valence-corrected chi connectivity index (χ2v) is 6.49. The normalized spacial score (nSPS) is 15.6. The van der Waals surface area contributed by atoms with Crippen LogP contribution in [-0.4, -0.2) is 17.2 Å². The van der Waals surface area contributed by atoms with Gasteiger partial charge in [0.15, 0.2) is 0 Å². The molecule has 2 aromatic carbocycles. The van der Waals surface area contributed by atoms with Gasteiger partial charge in [0.2, 0.25) is 0 Å². The van der Waals surface area contributed by atoms with Crippen LogP contribution < -0.4 is 0 Å². The highest BCUT2D eigenvalue weighted by Crippen LogP contribution is 2.27. The van der Waals surface area contributed by atoms with Crippen molar-refractivity contribution in [3.05, 3.63) is 95.3 Å². The van der Waals surface area contributed by atoms with Gasteiger partial charge in [0.1, 0.15) is 11.6 Å². The maximum absolute atomic E-state index is 14.1. The zero-order valence-corrected chi connectivity index (χ0v) is 14.7. The molecule has 0 radical (unpaired) electrons. The molecule has 0 amide bonds. The van der Waals surface area contributed by atoms with E-state index in [1.807, 2.05) is 42.6 Å². The summed E-state index contributed by atoms with van der Waals surface area (Å²) in [6.45, 7) is 0.808. The van der Waals surface area contributed by atoms with Crippen LogP contribution in [-0.2, 0) is 0 Å². The highest BCUT2D eigenvalue weighted by Gasteiger charge is 2.14. The minimum absolute atomic E-state index is 0.390. The second kappa shape index (κ2) is 7.62. The van der Waals surface area contributed by atoms with Crippen molar-refractivity contribution < 1.29 is 8.78 Å². The van der Waals surface area contributed by atoms with E-state index in [9.17, 15) is 8.78 Å². The molecule has 0 N–H and O–H groups in total. The van der Waals surface area contributed by atoms with E-state index in [1.54, 1.807) is 6.20 Å². The van der Waals surface area contributed by atoms with Crippen LogP contribution in [0.5, 0.6) is 0 Å². The molecule has 2 nitrogen and oxygen atoms in total. The number of hydrogen-bond donors (Lipinski definition) is 0. The predicted octanol–water partition coefficient (Wildman–Crippen LogP) is 5.69. The molecule has 0 saturated carbocycles. The molecular weight excluding hydrogens is 342 g/mol. The number of aliphatic imine (C=N–C) groups is 1. The zero-order chi connectivity index (χ0) is 18.6. The molecule has 3 aromatic rings. The molecule has 4 rings (SSSR count). The Hall–Kier alpha value is -3.14. The number of hydrogen-bond acceptors (Lipinski definition) is 2. The standard InChI is InChI=1S/C23H18F2N2/c24-20-8-9-21(22(25)14-20)17-5-1-4-16(12-17)13-18-6-3-11-27-23(18)19-7-2-10-26-15-19/h1-2,4-5,7-10,12-15H,3,6,11H2. The van der Waals surface area contributed by atoms with Gasteiger partial charge in [0.25, 0.3) is 0 Å². The smallest absolute Gasteiger partial charge is 0.133 e. The summed E-state index contributed by atoms with van der Waals surface area (Å²) in [7, 11) is 0. The summed E-state index contributed by atoms with van der Waals surface area (Å²) >= 11 is 0. The third-order valence-corrected chi connectivity index (χ3v) is 4.58. The molecule has 27 heavy (non-hydrogen) atoms. The van der Waals surface area contributed by atoms with Crippen LogP contribution >= 0.6 is 0 Å². The SMILES string of the molecule is Fc1ccc(-c2cccc(C=C3CCCN=C3c3cccnc3)c2)c(F)c1. The van der Waals surface area contributed by atoms with Gasteiger partial charge in [0.05, 0.1) is 5.71 Å². The van der Waals surface area contributed by atoms with Crippen molar-refractivity contribution in [2.45, 2.75) is 12.8 Å². The van der Waals surface area contributed by atoms with Gasteiger partial charge >= 0.3 is 0 Å². The van der Waals surface area contributed by atoms with Crippen LogP contribution in [0.25, 0.3) is 17.2 Å². The monoisotopic (exact) mass is 360 g/mol. The van der Waals surface area contributed by atoms with Gasteiger partial charge in [-0.05, 0) is 65.9 Å². The van der Waals surface area contributed by atoms with Crippen LogP contribution in [0.1, 0.15) is 24.0 Å². The summed E-state index contributed by atoms with van der Waals surface area (Å²) in [5, 5.41) is 0. The number of nitrogens with zero attached hydrogens (tertiary/aromatic N) is 2. The molecule has 1 aliphatic rings. The molecule has 134 valence electrons. The van der Waals surface area contributed by atoms with E-state index in [0.29, 0.717) is 5.56 Å². The average Bonchev–Trinajstić information content (AvgIpc) is 2.69. The van der Waals surface area contributed by atoms with Crippen molar-refractivity contribution in [3.63, 3.8) is 0 Å². The molecule has 4 heteroatoms. The molecule has 0 saturated heterocycles. The van der Waals surface area contributed by atoms with Crippen molar-refractivity contribution in [1.82, 2.24) is 4.98 Å². The van der Waals surface area contributed by atoms with Gasteiger partial charge in [-0.2, -0.15) is 0 Å². The fourth-order valence-corrected chi connectivity index (χ4v) is 3.32. The van der Waals surface area contributed by atoms with E-state index >= 15 is 0 Å². The van der Waals surface area contributed by atoms with Crippen LogP contribution in [0, 0.1) is 11.6 Å². The third-order valence-electron chi connectivity index (χ3n) is 4.58. The predicted molar refractivity (Wildman–Crippen MR) is 105 cm³/mol. The first kappa shape index (κ1) is 17.3. The Labute approximate surface area is 156 Å². The fourth-order valence-electron chi connectivity index (χ4n) is 3.32. The quantitative estimate of drug-likeness (QED) is 0.589. The first-order chi connectivity index (χ1) is 13.2. The molecule has 1 aromatic heterocycles. The third kappa shape index (κ3) is 3.85. The lowest BCUT2D eigenvalue weighted by atomic mass is 9.94. The summed E-state index contributed by atoms with van der Waals surface area (Å²) in [5.74, 6) is -1.14. The lowest BCUT2D eigenvalue weighted by Gasteiger charge is -2.16. The molecular formula is C23H18F2N2. The van der Waals surface area contributed by atoms with E-state index in [2.05, 4.69) is 16.1 Å². The van der Waals surface area contributed by atoms with Crippen molar-refractivity contribution >= 4 is 11.8 Å². The van der Waals surface area contributed by atoms with E-state index in [-0.39, 0.29) is 0 Å². The van der Waals surface area contributed by atoms with Gasteiger partial charge in [-0.1, -0.05) is 18.2 Å². The fraction of sp³-hybridized carbons (Fsp3) is 0.130. The Morgan fingerprint density at radius 2 is 1.81 bits per heavy atom. The van der Waals surface area contributed by atoms with Crippen molar-refractivity contribution in [2.75, 3.05) is 6.54 Å².